The fourth-order valence-corrected chi connectivity index (χ4v) is 5.33. The van der Waals surface area contributed by atoms with Crippen molar-refractivity contribution in [2.75, 3.05) is 26.7 Å². The van der Waals surface area contributed by atoms with E-state index in [1.165, 1.54) is 16.4 Å². The lowest BCUT2D eigenvalue weighted by atomic mass is 10.1. The minimum absolute atomic E-state index is 0. The van der Waals surface area contributed by atoms with Crippen LogP contribution in [0.1, 0.15) is 17.2 Å². The van der Waals surface area contributed by atoms with Crippen LogP contribution in [0.5, 0.6) is 0 Å². The lowest BCUT2D eigenvalue weighted by molar-refractivity contribution is -0.388. The number of nitro benzene ring substituents is 1. The molecule has 0 aliphatic carbocycles. The molecule has 2 aromatic rings. The van der Waals surface area contributed by atoms with Crippen LogP contribution in [0.15, 0.2) is 53.4 Å². The van der Waals surface area contributed by atoms with E-state index in [1.807, 2.05) is 37.4 Å². The predicted octanol–water partition coefficient (Wildman–Crippen LogP) is 3.00. The van der Waals surface area contributed by atoms with E-state index in [-0.39, 0.29) is 35.6 Å². The summed E-state index contributed by atoms with van der Waals surface area (Å²) in [5.41, 5.74) is 0.875. The van der Waals surface area contributed by atoms with E-state index >= 15 is 0 Å². The Hall–Kier alpha value is -2.00. The molecule has 0 spiro atoms. The van der Waals surface area contributed by atoms with Gasteiger partial charge in [-0.2, -0.15) is 4.31 Å². The van der Waals surface area contributed by atoms with Gasteiger partial charge in [-0.15, -0.1) is 12.4 Å². The second kappa shape index (κ2) is 8.35. The van der Waals surface area contributed by atoms with E-state index in [2.05, 4.69) is 4.90 Å². The number of nitro groups is 1. The third-order valence-corrected chi connectivity index (χ3v) is 6.77. The van der Waals surface area contributed by atoms with Crippen LogP contribution in [-0.4, -0.2) is 49.2 Å². The monoisotopic (exact) mass is 411 g/mol. The molecule has 1 aliphatic rings. The zero-order valence-electron chi connectivity index (χ0n) is 15.1. The van der Waals surface area contributed by atoms with Gasteiger partial charge in [-0.1, -0.05) is 42.5 Å². The summed E-state index contributed by atoms with van der Waals surface area (Å²) in [4.78, 5) is 12.6. The second-order valence-corrected chi connectivity index (χ2v) is 8.31. The lowest BCUT2D eigenvalue weighted by Crippen LogP contribution is -2.49. The number of benzene rings is 2. The summed E-state index contributed by atoms with van der Waals surface area (Å²) >= 11 is 0. The van der Waals surface area contributed by atoms with Gasteiger partial charge in [0.05, 0.1) is 11.0 Å². The van der Waals surface area contributed by atoms with E-state index in [0.29, 0.717) is 18.7 Å². The van der Waals surface area contributed by atoms with E-state index in [9.17, 15) is 18.5 Å². The Kier molecular flexibility index (Phi) is 6.59. The smallest absolute Gasteiger partial charge is 0.289 e. The topological polar surface area (TPSA) is 83.8 Å². The first-order valence-corrected chi connectivity index (χ1v) is 9.75. The maximum Gasteiger partial charge on any atom is 0.289 e. The molecular formula is C18H22ClN3O4S. The van der Waals surface area contributed by atoms with E-state index in [1.54, 1.807) is 13.0 Å². The molecule has 1 saturated heterocycles. The molecule has 2 aromatic carbocycles. The van der Waals surface area contributed by atoms with Gasteiger partial charge >= 0.3 is 0 Å². The van der Waals surface area contributed by atoms with Crippen LogP contribution < -0.4 is 0 Å². The molecule has 9 heteroatoms. The van der Waals surface area contributed by atoms with Crippen molar-refractivity contribution >= 4 is 28.1 Å². The van der Waals surface area contributed by atoms with Crippen molar-refractivity contribution in [1.82, 2.24) is 9.21 Å². The van der Waals surface area contributed by atoms with E-state index < -0.39 is 14.9 Å². The summed E-state index contributed by atoms with van der Waals surface area (Å²) < 4.78 is 28.3. The SMILES string of the molecule is Cc1cccc([N+](=O)[O-])c1S(=O)(=O)N1CCN(C)CC1c1ccccc1.Cl. The molecule has 1 heterocycles. The molecule has 146 valence electrons. The molecular weight excluding hydrogens is 390 g/mol. The Labute approximate surface area is 165 Å². The Morgan fingerprint density at radius 1 is 1.07 bits per heavy atom. The van der Waals surface area contributed by atoms with Crippen molar-refractivity contribution in [2.45, 2.75) is 17.9 Å². The van der Waals surface area contributed by atoms with Gasteiger partial charge in [0.2, 0.25) is 0 Å². The normalized spacial score (nSPS) is 18.7. The van der Waals surface area contributed by atoms with E-state index in [0.717, 1.165) is 5.56 Å². The highest BCUT2D eigenvalue weighted by Gasteiger charge is 2.40. The second-order valence-electron chi connectivity index (χ2n) is 6.48. The minimum Gasteiger partial charge on any atom is -0.303 e. The van der Waals surface area contributed by atoms with Gasteiger partial charge in [0.15, 0.2) is 4.90 Å². The maximum atomic E-state index is 13.4. The first kappa shape index (κ1) is 21.3. The molecule has 1 fully saturated rings. The summed E-state index contributed by atoms with van der Waals surface area (Å²) in [6, 6.07) is 13.3. The van der Waals surface area contributed by atoms with Crippen molar-refractivity contribution < 1.29 is 13.3 Å². The third kappa shape index (κ3) is 4.14. The average molecular weight is 412 g/mol. The number of sulfonamides is 1. The molecule has 7 nitrogen and oxygen atoms in total. The minimum atomic E-state index is -4.02. The summed E-state index contributed by atoms with van der Waals surface area (Å²) in [5, 5.41) is 11.4. The highest BCUT2D eigenvalue weighted by Crippen LogP contribution is 2.35. The summed E-state index contributed by atoms with van der Waals surface area (Å²) in [6.07, 6.45) is 0. The van der Waals surface area contributed by atoms with E-state index in [4.69, 9.17) is 0 Å². The number of rotatable bonds is 4. The van der Waals surface area contributed by atoms with Crippen molar-refractivity contribution in [3.8, 4) is 0 Å². The van der Waals surface area contributed by atoms with Gasteiger partial charge in [0.25, 0.3) is 15.7 Å². The Morgan fingerprint density at radius 3 is 2.37 bits per heavy atom. The fraction of sp³-hybridized carbons (Fsp3) is 0.333. The molecule has 0 amide bonds. The molecule has 27 heavy (non-hydrogen) atoms. The molecule has 1 unspecified atom stereocenters. The molecule has 3 rings (SSSR count). The van der Waals surface area contributed by atoms with Crippen LogP contribution in [0, 0.1) is 17.0 Å². The third-order valence-electron chi connectivity index (χ3n) is 4.67. The zero-order chi connectivity index (χ0) is 18.9. The standard InChI is InChI=1S/C18H21N3O4S.ClH/c1-14-7-6-10-16(21(22)23)18(14)26(24,25)20-12-11-19(2)13-17(20)15-8-4-3-5-9-15;/h3-10,17H,11-13H2,1-2H3;1H. The molecule has 0 aromatic heterocycles. The van der Waals surface area contributed by atoms with Gasteiger partial charge in [-0.25, -0.2) is 8.42 Å². The number of hydrogen-bond donors (Lipinski definition) is 0. The van der Waals surface area contributed by atoms with Gasteiger partial charge < -0.3 is 4.90 Å². The summed E-state index contributed by atoms with van der Waals surface area (Å²) in [5.74, 6) is 0. The number of likely N-dealkylation sites (N-methyl/N-ethyl adjacent to an activating group) is 1. The van der Waals surface area contributed by atoms with Crippen molar-refractivity contribution in [2.24, 2.45) is 0 Å². The number of piperazine rings is 1. The van der Waals surface area contributed by atoms with Crippen molar-refractivity contribution in [3.63, 3.8) is 0 Å². The van der Waals surface area contributed by atoms with Crippen LogP contribution in [0.3, 0.4) is 0 Å². The number of hydrogen-bond acceptors (Lipinski definition) is 5. The average Bonchev–Trinajstić information content (AvgIpc) is 2.61. The number of nitrogens with zero attached hydrogens (tertiary/aromatic N) is 3. The summed E-state index contributed by atoms with van der Waals surface area (Å²) in [6.45, 7) is 2.97. The van der Waals surface area contributed by atoms with Crippen LogP contribution in [-0.2, 0) is 10.0 Å². The van der Waals surface area contributed by atoms with Gasteiger partial charge in [-0.3, -0.25) is 10.1 Å². The summed E-state index contributed by atoms with van der Waals surface area (Å²) in [7, 11) is -2.08. The molecule has 0 radical (unpaired) electrons. The fourth-order valence-electron chi connectivity index (χ4n) is 3.37. The quantitative estimate of drug-likeness (QED) is 0.570. The van der Waals surface area contributed by atoms with Crippen molar-refractivity contribution in [3.05, 3.63) is 69.8 Å². The zero-order valence-corrected chi connectivity index (χ0v) is 16.7. The Balaban J connectivity index is 0.00000261. The Bertz CT molecular complexity index is 921. The molecule has 1 atom stereocenters. The molecule has 0 bridgehead atoms. The van der Waals surface area contributed by atoms with Gasteiger partial charge in [0, 0.05) is 25.7 Å². The van der Waals surface area contributed by atoms with Gasteiger partial charge in [-0.05, 0) is 25.1 Å². The lowest BCUT2D eigenvalue weighted by Gasteiger charge is -2.39. The first-order valence-electron chi connectivity index (χ1n) is 8.31. The molecule has 0 N–H and O–H groups in total. The highest BCUT2D eigenvalue weighted by molar-refractivity contribution is 7.89. The molecule has 0 saturated carbocycles. The Morgan fingerprint density at radius 2 is 1.74 bits per heavy atom. The highest BCUT2D eigenvalue weighted by atomic mass is 35.5. The van der Waals surface area contributed by atoms with Crippen molar-refractivity contribution in [1.29, 1.82) is 0 Å². The van der Waals surface area contributed by atoms with Crippen LogP contribution >= 0.6 is 12.4 Å². The van der Waals surface area contributed by atoms with Crippen LogP contribution in [0.2, 0.25) is 0 Å². The number of halogens is 1. The largest absolute Gasteiger partial charge is 0.303 e. The van der Waals surface area contributed by atoms with Crippen LogP contribution in [0.25, 0.3) is 0 Å². The van der Waals surface area contributed by atoms with Crippen LogP contribution in [0.4, 0.5) is 5.69 Å². The first-order chi connectivity index (χ1) is 12.3. The number of aryl methyl sites for hydroxylation is 1. The van der Waals surface area contributed by atoms with Gasteiger partial charge in [0.1, 0.15) is 0 Å². The molecule has 1 aliphatic heterocycles. The maximum absolute atomic E-state index is 13.4. The predicted molar refractivity (Wildman–Crippen MR) is 106 cm³/mol.